The maximum atomic E-state index is 8.61. The molecule has 0 aliphatic rings. The molecule has 0 atom stereocenters. The van der Waals surface area contributed by atoms with Crippen molar-refractivity contribution >= 4 is 29.4 Å². The number of aromatic nitrogens is 1. The number of halogens is 2. The highest BCUT2D eigenvalue weighted by atomic mass is 35.5. The van der Waals surface area contributed by atoms with Crippen LogP contribution >= 0.6 is 23.2 Å². The lowest BCUT2D eigenvalue weighted by Gasteiger charge is -2.03. The number of rotatable bonds is 2. The van der Waals surface area contributed by atoms with Gasteiger partial charge in [0.25, 0.3) is 0 Å². The van der Waals surface area contributed by atoms with Gasteiger partial charge in [-0.2, -0.15) is 0 Å². The molecule has 1 heterocycles. The van der Waals surface area contributed by atoms with E-state index >= 15 is 0 Å². The van der Waals surface area contributed by atoms with Crippen LogP contribution in [0.25, 0.3) is 11.3 Å². The summed E-state index contributed by atoms with van der Waals surface area (Å²) in [5.74, 6) is 0.522. The van der Waals surface area contributed by atoms with E-state index in [1.54, 1.807) is 25.1 Å². The van der Waals surface area contributed by atoms with Crippen molar-refractivity contribution in [2.75, 3.05) is 0 Å². The topological polar surface area (TPSA) is 58.6 Å². The van der Waals surface area contributed by atoms with Gasteiger partial charge in [0.2, 0.25) is 0 Å². The summed E-state index contributed by atoms with van der Waals surface area (Å²) in [5, 5.41) is 16.4. The first-order chi connectivity index (χ1) is 8.15. The van der Waals surface area contributed by atoms with Crippen LogP contribution < -0.4 is 0 Å². The molecule has 1 aromatic heterocycles. The van der Waals surface area contributed by atoms with Gasteiger partial charge in [-0.05, 0) is 19.1 Å². The monoisotopic (exact) mass is 270 g/mol. The van der Waals surface area contributed by atoms with Crippen LogP contribution in [0.4, 0.5) is 0 Å². The second kappa shape index (κ2) is 4.77. The molecule has 0 bridgehead atoms. The second-order valence-electron chi connectivity index (χ2n) is 3.34. The van der Waals surface area contributed by atoms with Crippen molar-refractivity contribution in [3.63, 3.8) is 0 Å². The maximum Gasteiger partial charge on any atom is 0.143 e. The van der Waals surface area contributed by atoms with Crippen LogP contribution in [0.2, 0.25) is 10.0 Å². The van der Waals surface area contributed by atoms with Crippen LogP contribution in [-0.4, -0.2) is 16.6 Å². The van der Waals surface area contributed by atoms with E-state index in [9.17, 15) is 0 Å². The van der Waals surface area contributed by atoms with E-state index in [1.165, 1.54) is 6.21 Å². The lowest BCUT2D eigenvalue weighted by atomic mass is 10.1. The summed E-state index contributed by atoms with van der Waals surface area (Å²) in [6.07, 6.45) is 1.24. The highest BCUT2D eigenvalue weighted by Gasteiger charge is 2.18. The molecule has 0 fully saturated rings. The number of aryl methyl sites for hydroxylation is 1. The molecule has 0 spiro atoms. The van der Waals surface area contributed by atoms with Crippen molar-refractivity contribution in [3.05, 3.63) is 39.6 Å². The van der Waals surface area contributed by atoms with E-state index in [0.717, 1.165) is 0 Å². The minimum absolute atomic E-state index is 0.455. The summed E-state index contributed by atoms with van der Waals surface area (Å²) in [6.45, 7) is 1.71. The molecule has 0 aliphatic carbocycles. The summed E-state index contributed by atoms with van der Waals surface area (Å²) in [7, 11) is 0. The van der Waals surface area contributed by atoms with E-state index in [2.05, 4.69) is 10.3 Å². The third-order valence-electron chi connectivity index (χ3n) is 2.29. The molecule has 2 aromatic rings. The normalized spacial score (nSPS) is 11.2. The van der Waals surface area contributed by atoms with Gasteiger partial charge < -0.3 is 9.73 Å². The number of nitrogens with zero attached hydrogens (tertiary/aromatic N) is 2. The number of oxime groups is 1. The zero-order valence-electron chi connectivity index (χ0n) is 8.82. The Morgan fingerprint density at radius 1 is 1.35 bits per heavy atom. The quantitative estimate of drug-likeness (QED) is 0.514. The second-order valence-corrected chi connectivity index (χ2v) is 4.16. The third kappa shape index (κ3) is 2.14. The van der Waals surface area contributed by atoms with Crippen molar-refractivity contribution in [1.82, 2.24) is 5.16 Å². The van der Waals surface area contributed by atoms with Gasteiger partial charge in [0.05, 0.1) is 21.8 Å². The molecule has 6 heteroatoms. The predicted molar refractivity (Wildman–Crippen MR) is 66.1 cm³/mol. The first kappa shape index (κ1) is 12.0. The number of benzene rings is 1. The van der Waals surface area contributed by atoms with Crippen molar-refractivity contribution in [3.8, 4) is 11.3 Å². The molecule has 17 heavy (non-hydrogen) atoms. The Balaban J connectivity index is 2.69. The van der Waals surface area contributed by atoms with E-state index in [0.29, 0.717) is 32.6 Å². The molecule has 0 radical (unpaired) electrons. The van der Waals surface area contributed by atoms with Gasteiger partial charge in [-0.3, -0.25) is 0 Å². The fourth-order valence-electron chi connectivity index (χ4n) is 1.49. The maximum absolute atomic E-state index is 8.61. The fourth-order valence-corrected chi connectivity index (χ4v) is 2.07. The summed E-state index contributed by atoms with van der Waals surface area (Å²) in [5.41, 5.74) is 1.56. The molecule has 0 aliphatic heterocycles. The zero-order chi connectivity index (χ0) is 12.4. The van der Waals surface area contributed by atoms with Gasteiger partial charge in [0.1, 0.15) is 11.5 Å². The van der Waals surface area contributed by atoms with E-state index in [-0.39, 0.29) is 0 Å². The van der Waals surface area contributed by atoms with Crippen molar-refractivity contribution in [2.24, 2.45) is 5.16 Å². The molecule has 88 valence electrons. The largest absolute Gasteiger partial charge is 0.411 e. The van der Waals surface area contributed by atoms with E-state index in [4.69, 9.17) is 32.9 Å². The molecule has 2 rings (SSSR count). The fraction of sp³-hybridized carbons (Fsp3) is 0.0909. The summed E-state index contributed by atoms with van der Waals surface area (Å²) < 4.78 is 5.04. The third-order valence-corrected chi connectivity index (χ3v) is 2.92. The lowest BCUT2D eigenvalue weighted by Crippen LogP contribution is -1.89. The minimum Gasteiger partial charge on any atom is -0.411 e. The van der Waals surface area contributed by atoms with Gasteiger partial charge in [0, 0.05) is 5.56 Å². The number of hydrogen-bond acceptors (Lipinski definition) is 4. The smallest absolute Gasteiger partial charge is 0.143 e. The van der Waals surface area contributed by atoms with E-state index < -0.39 is 0 Å². The molecule has 0 amide bonds. The molecule has 1 aromatic carbocycles. The average molecular weight is 271 g/mol. The van der Waals surface area contributed by atoms with Gasteiger partial charge in [-0.15, -0.1) is 0 Å². The predicted octanol–water partition coefficient (Wildman–Crippen LogP) is 3.76. The Morgan fingerprint density at radius 3 is 2.59 bits per heavy atom. The highest BCUT2D eigenvalue weighted by Crippen LogP contribution is 2.35. The van der Waals surface area contributed by atoms with Crippen LogP contribution in [0.3, 0.4) is 0 Å². The highest BCUT2D eigenvalue weighted by molar-refractivity contribution is 6.39. The summed E-state index contributed by atoms with van der Waals surface area (Å²) >= 11 is 12.1. The molecule has 0 saturated heterocycles. The Morgan fingerprint density at radius 2 is 2.00 bits per heavy atom. The summed E-state index contributed by atoms with van der Waals surface area (Å²) in [4.78, 5) is 0. The Hall–Kier alpha value is -1.52. The van der Waals surface area contributed by atoms with Gasteiger partial charge in [-0.25, -0.2) is 0 Å². The molecule has 4 nitrogen and oxygen atoms in total. The van der Waals surface area contributed by atoms with Gasteiger partial charge >= 0.3 is 0 Å². The molecular formula is C11H8Cl2N2O2. The van der Waals surface area contributed by atoms with Crippen molar-refractivity contribution in [1.29, 1.82) is 0 Å². The first-order valence-corrected chi connectivity index (χ1v) is 5.49. The lowest BCUT2D eigenvalue weighted by molar-refractivity contribution is 0.321. The van der Waals surface area contributed by atoms with Crippen LogP contribution in [0.5, 0.6) is 0 Å². The summed E-state index contributed by atoms with van der Waals surface area (Å²) in [6, 6.07) is 5.14. The van der Waals surface area contributed by atoms with Gasteiger partial charge in [0.15, 0.2) is 0 Å². The number of hydrogen-bond donors (Lipinski definition) is 1. The Labute approximate surface area is 107 Å². The van der Waals surface area contributed by atoms with E-state index in [1.807, 2.05) is 0 Å². The van der Waals surface area contributed by atoms with Crippen molar-refractivity contribution in [2.45, 2.75) is 6.92 Å². The van der Waals surface area contributed by atoms with Crippen LogP contribution in [0.15, 0.2) is 27.9 Å². The zero-order valence-corrected chi connectivity index (χ0v) is 10.3. The first-order valence-electron chi connectivity index (χ1n) is 4.73. The van der Waals surface area contributed by atoms with Gasteiger partial charge in [-0.1, -0.05) is 39.6 Å². The molecule has 0 saturated carbocycles. The SMILES string of the molecule is Cc1onc(-c2c(Cl)cccc2Cl)c1/C=N/O. The van der Waals surface area contributed by atoms with Crippen LogP contribution in [0, 0.1) is 6.92 Å². The standard InChI is InChI=1S/C11H8Cl2N2O2/c1-6-7(5-14-16)11(15-17-6)10-8(12)3-2-4-9(10)13/h2-5,16H,1H3/b14-5+. The van der Waals surface area contributed by atoms with Crippen molar-refractivity contribution < 1.29 is 9.73 Å². The van der Waals surface area contributed by atoms with Crippen LogP contribution in [0.1, 0.15) is 11.3 Å². The average Bonchev–Trinajstić information content (AvgIpc) is 2.62. The minimum atomic E-state index is 0.455. The Kier molecular flexibility index (Phi) is 3.36. The molecule has 1 N–H and O–H groups in total. The molecule has 0 unspecified atom stereocenters. The molecular weight excluding hydrogens is 263 g/mol. The van der Waals surface area contributed by atoms with Crippen LogP contribution in [-0.2, 0) is 0 Å². The Bertz CT molecular complexity index is 559.